The molecule has 0 aliphatic carbocycles. The summed E-state index contributed by atoms with van der Waals surface area (Å²) < 4.78 is 5.11. The van der Waals surface area contributed by atoms with Crippen LogP contribution < -0.4 is 4.74 Å². The van der Waals surface area contributed by atoms with Gasteiger partial charge in [-0.15, -0.1) is 0 Å². The molecular formula is C13H9NO2. The predicted molar refractivity (Wildman–Crippen MR) is 59.8 cm³/mol. The summed E-state index contributed by atoms with van der Waals surface area (Å²) in [5.74, 6) is -0.0304. The Morgan fingerprint density at radius 3 is 2.75 bits per heavy atom. The molecular weight excluding hydrogens is 202 g/mol. The van der Waals surface area contributed by atoms with E-state index in [4.69, 9.17) is 10.00 Å². The first-order chi connectivity index (χ1) is 7.81. The summed E-state index contributed by atoms with van der Waals surface area (Å²) in [5, 5.41) is 10.3. The van der Waals surface area contributed by atoms with Gasteiger partial charge in [-0.25, -0.2) is 0 Å². The molecule has 2 aromatic rings. The van der Waals surface area contributed by atoms with Gasteiger partial charge in [0.25, 0.3) is 0 Å². The summed E-state index contributed by atoms with van der Waals surface area (Å²) in [7, 11) is 0. The highest BCUT2D eigenvalue weighted by molar-refractivity contribution is 5.90. The van der Waals surface area contributed by atoms with Crippen LogP contribution in [0.4, 0.5) is 0 Å². The highest BCUT2D eigenvalue weighted by Crippen LogP contribution is 2.25. The number of ether oxygens (including phenoxy) is 1. The van der Waals surface area contributed by atoms with Gasteiger partial charge in [-0.3, -0.25) is 4.79 Å². The van der Waals surface area contributed by atoms with Crippen LogP contribution in [-0.4, -0.2) is 5.97 Å². The number of hydrogen-bond acceptors (Lipinski definition) is 3. The SMILES string of the molecule is N#CCC(=O)Oc1cccc2ccccc12. The molecule has 3 heteroatoms. The zero-order valence-corrected chi connectivity index (χ0v) is 8.51. The number of hydrogen-bond donors (Lipinski definition) is 0. The standard InChI is InChI=1S/C13H9NO2/c14-9-8-13(15)16-12-7-3-5-10-4-1-2-6-11(10)12/h1-7H,8H2. The fourth-order valence-corrected chi connectivity index (χ4v) is 1.51. The molecule has 16 heavy (non-hydrogen) atoms. The van der Waals surface area contributed by atoms with E-state index in [1.807, 2.05) is 36.4 Å². The van der Waals surface area contributed by atoms with E-state index in [9.17, 15) is 4.79 Å². The van der Waals surface area contributed by atoms with Gasteiger partial charge in [-0.1, -0.05) is 36.4 Å². The number of fused-ring (bicyclic) bond motifs is 1. The Bertz CT molecular complexity index is 564. The van der Waals surface area contributed by atoms with E-state index in [-0.39, 0.29) is 6.42 Å². The second-order valence-corrected chi connectivity index (χ2v) is 3.29. The zero-order valence-electron chi connectivity index (χ0n) is 8.51. The second-order valence-electron chi connectivity index (χ2n) is 3.29. The van der Waals surface area contributed by atoms with Crippen LogP contribution in [0, 0.1) is 11.3 Å². The average molecular weight is 211 g/mol. The highest BCUT2D eigenvalue weighted by atomic mass is 16.5. The molecule has 0 heterocycles. The number of carbonyl (C=O) groups is 1. The molecule has 0 aromatic heterocycles. The summed E-state index contributed by atoms with van der Waals surface area (Å²) in [6, 6.07) is 14.9. The fourth-order valence-electron chi connectivity index (χ4n) is 1.51. The fraction of sp³-hybridized carbons (Fsp3) is 0.0769. The number of benzene rings is 2. The Kier molecular flexibility index (Phi) is 2.84. The maximum atomic E-state index is 11.2. The van der Waals surface area contributed by atoms with Gasteiger partial charge in [0.1, 0.15) is 12.2 Å². The predicted octanol–water partition coefficient (Wildman–Crippen LogP) is 2.66. The molecule has 0 bridgehead atoms. The lowest BCUT2D eigenvalue weighted by atomic mass is 10.1. The Labute approximate surface area is 92.9 Å². The van der Waals surface area contributed by atoms with Crippen molar-refractivity contribution in [3.63, 3.8) is 0 Å². The highest BCUT2D eigenvalue weighted by Gasteiger charge is 2.06. The maximum Gasteiger partial charge on any atom is 0.325 e. The third-order valence-electron chi connectivity index (χ3n) is 2.20. The summed E-state index contributed by atoms with van der Waals surface area (Å²) in [5.41, 5.74) is 0. The van der Waals surface area contributed by atoms with Crippen molar-refractivity contribution < 1.29 is 9.53 Å². The van der Waals surface area contributed by atoms with E-state index < -0.39 is 5.97 Å². The van der Waals surface area contributed by atoms with Crippen LogP contribution in [0.5, 0.6) is 5.75 Å². The van der Waals surface area contributed by atoms with Crippen LogP contribution in [0.2, 0.25) is 0 Å². The van der Waals surface area contributed by atoms with Crippen molar-refractivity contribution in [2.75, 3.05) is 0 Å². The van der Waals surface area contributed by atoms with Gasteiger partial charge in [-0.05, 0) is 11.5 Å². The lowest BCUT2D eigenvalue weighted by Crippen LogP contribution is -2.06. The lowest BCUT2D eigenvalue weighted by molar-refractivity contribution is -0.133. The van der Waals surface area contributed by atoms with Gasteiger partial charge in [0.15, 0.2) is 0 Å². The Hall–Kier alpha value is -2.34. The van der Waals surface area contributed by atoms with E-state index in [1.165, 1.54) is 0 Å². The molecule has 3 nitrogen and oxygen atoms in total. The number of esters is 1. The minimum Gasteiger partial charge on any atom is -0.425 e. The monoisotopic (exact) mass is 211 g/mol. The normalized spacial score (nSPS) is 9.69. The molecule has 0 fully saturated rings. The van der Waals surface area contributed by atoms with Crippen molar-refractivity contribution in [3.05, 3.63) is 42.5 Å². The van der Waals surface area contributed by atoms with Crippen molar-refractivity contribution >= 4 is 16.7 Å². The van der Waals surface area contributed by atoms with Gasteiger partial charge in [0.05, 0.1) is 6.07 Å². The first kappa shape index (κ1) is 10.2. The Morgan fingerprint density at radius 1 is 1.19 bits per heavy atom. The first-order valence-electron chi connectivity index (χ1n) is 4.86. The molecule has 0 spiro atoms. The van der Waals surface area contributed by atoms with Gasteiger partial charge in [0, 0.05) is 5.39 Å². The van der Waals surface area contributed by atoms with Crippen LogP contribution >= 0.6 is 0 Å². The summed E-state index contributed by atoms with van der Waals surface area (Å²) in [4.78, 5) is 11.2. The van der Waals surface area contributed by atoms with E-state index in [0.717, 1.165) is 10.8 Å². The Morgan fingerprint density at radius 2 is 1.94 bits per heavy atom. The largest absolute Gasteiger partial charge is 0.425 e. The summed E-state index contributed by atoms with van der Waals surface area (Å²) in [6.07, 6.45) is -0.233. The molecule has 0 saturated carbocycles. The third-order valence-corrected chi connectivity index (χ3v) is 2.20. The molecule has 0 N–H and O–H groups in total. The molecule has 0 saturated heterocycles. The van der Waals surface area contributed by atoms with Crippen molar-refractivity contribution in [2.45, 2.75) is 6.42 Å². The van der Waals surface area contributed by atoms with E-state index in [1.54, 1.807) is 12.1 Å². The molecule has 0 amide bonds. The number of nitrogens with zero attached hydrogens (tertiary/aromatic N) is 1. The molecule has 2 aromatic carbocycles. The van der Waals surface area contributed by atoms with Crippen molar-refractivity contribution in [1.82, 2.24) is 0 Å². The molecule has 0 unspecified atom stereocenters. The number of rotatable bonds is 2. The van der Waals surface area contributed by atoms with Gasteiger partial charge >= 0.3 is 5.97 Å². The van der Waals surface area contributed by atoms with Crippen molar-refractivity contribution in [3.8, 4) is 11.8 Å². The number of carbonyl (C=O) groups excluding carboxylic acids is 1. The lowest BCUT2D eigenvalue weighted by Gasteiger charge is -2.05. The minimum atomic E-state index is -0.529. The topological polar surface area (TPSA) is 50.1 Å². The zero-order chi connectivity index (χ0) is 11.4. The molecule has 0 aliphatic rings. The van der Waals surface area contributed by atoms with Crippen LogP contribution in [-0.2, 0) is 4.79 Å². The summed E-state index contributed by atoms with van der Waals surface area (Å²) >= 11 is 0. The molecule has 0 radical (unpaired) electrons. The van der Waals surface area contributed by atoms with Crippen LogP contribution in [0.1, 0.15) is 6.42 Å². The quantitative estimate of drug-likeness (QED) is 0.566. The molecule has 2 rings (SSSR count). The van der Waals surface area contributed by atoms with Crippen LogP contribution in [0.15, 0.2) is 42.5 Å². The van der Waals surface area contributed by atoms with Gasteiger partial charge in [0.2, 0.25) is 0 Å². The Balaban J connectivity index is 2.38. The first-order valence-corrected chi connectivity index (χ1v) is 4.86. The minimum absolute atomic E-state index is 0.233. The van der Waals surface area contributed by atoms with Gasteiger partial charge in [-0.2, -0.15) is 5.26 Å². The summed E-state index contributed by atoms with van der Waals surface area (Å²) in [6.45, 7) is 0. The van der Waals surface area contributed by atoms with E-state index in [0.29, 0.717) is 5.75 Å². The third kappa shape index (κ3) is 2.01. The van der Waals surface area contributed by atoms with Crippen molar-refractivity contribution in [2.24, 2.45) is 0 Å². The smallest absolute Gasteiger partial charge is 0.325 e. The molecule has 0 atom stereocenters. The van der Waals surface area contributed by atoms with Gasteiger partial charge < -0.3 is 4.74 Å². The average Bonchev–Trinajstić information content (AvgIpc) is 2.30. The number of nitriles is 1. The molecule has 78 valence electrons. The maximum absolute atomic E-state index is 11.2. The van der Waals surface area contributed by atoms with Crippen LogP contribution in [0.3, 0.4) is 0 Å². The van der Waals surface area contributed by atoms with Crippen molar-refractivity contribution in [1.29, 1.82) is 5.26 Å². The second kappa shape index (κ2) is 4.45. The van der Waals surface area contributed by atoms with E-state index in [2.05, 4.69) is 0 Å². The van der Waals surface area contributed by atoms with Crippen LogP contribution in [0.25, 0.3) is 10.8 Å². The molecule has 0 aliphatic heterocycles. The van der Waals surface area contributed by atoms with E-state index >= 15 is 0 Å².